The fourth-order valence-corrected chi connectivity index (χ4v) is 4.16. The third-order valence-electron chi connectivity index (χ3n) is 4.06. The van der Waals surface area contributed by atoms with Gasteiger partial charge in [-0.1, -0.05) is 30.3 Å². The summed E-state index contributed by atoms with van der Waals surface area (Å²) in [6.07, 6.45) is 0.991. The summed E-state index contributed by atoms with van der Waals surface area (Å²) in [5.74, 6) is 2.60. The summed E-state index contributed by atoms with van der Waals surface area (Å²) < 4.78 is 5.90. The molecular weight excluding hydrogens is 332 g/mol. The van der Waals surface area contributed by atoms with Gasteiger partial charge in [0.1, 0.15) is 16.7 Å². The number of carbonyl (C=O) groups excluding carboxylic acids is 1. The third-order valence-corrected chi connectivity index (χ3v) is 5.35. The van der Waals surface area contributed by atoms with Crippen LogP contribution in [0.3, 0.4) is 0 Å². The van der Waals surface area contributed by atoms with E-state index < -0.39 is 0 Å². The van der Waals surface area contributed by atoms with Crippen LogP contribution >= 0.6 is 11.8 Å². The average molecular weight is 356 g/mol. The number of amides is 1. The molecule has 0 bridgehead atoms. The summed E-state index contributed by atoms with van der Waals surface area (Å²) in [7, 11) is 4.07. The molecule has 3 rings (SSSR count). The van der Waals surface area contributed by atoms with Crippen molar-refractivity contribution in [1.82, 2.24) is 10.2 Å². The average Bonchev–Trinajstić information content (AvgIpc) is 2.76. The summed E-state index contributed by atoms with van der Waals surface area (Å²) >= 11 is 1.70. The largest absolute Gasteiger partial charge is 0.457 e. The van der Waals surface area contributed by atoms with Gasteiger partial charge >= 0.3 is 0 Å². The van der Waals surface area contributed by atoms with Gasteiger partial charge in [0, 0.05) is 12.6 Å². The van der Waals surface area contributed by atoms with Crippen molar-refractivity contribution in [2.45, 2.75) is 17.7 Å². The van der Waals surface area contributed by atoms with Gasteiger partial charge in [-0.2, -0.15) is 0 Å². The zero-order chi connectivity index (χ0) is 17.6. The predicted molar refractivity (Wildman–Crippen MR) is 103 cm³/mol. The van der Waals surface area contributed by atoms with Gasteiger partial charge in [-0.3, -0.25) is 4.79 Å². The molecule has 4 nitrogen and oxygen atoms in total. The Labute approximate surface area is 153 Å². The first kappa shape index (κ1) is 17.8. The van der Waals surface area contributed by atoms with Crippen molar-refractivity contribution in [3.8, 4) is 11.5 Å². The third kappa shape index (κ3) is 5.00. The second kappa shape index (κ2) is 8.41. The summed E-state index contributed by atoms with van der Waals surface area (Å²) in [6.45, 7) is 0.871. The van der Waals surface area contributed by atoms with Gasteiger partial charge in [0.05, 0.1) is 0 Å². The van der Waals surface area contributed by atoms with Crippen molar-refractivity contribution < 1.29 is 9.53 Å². The van der Waals surface area contributed by atoms with E-state index >= 15 is 0 Å². The predicted octanol–water partition coefficient (Wildman–Crippen LogP) is 3.70. The maximum atomic E-state index is 12.7. The Hall–Kier alpha value is -1.98. The second-order valence-corrected chi connectivity index (χ2v) is 7.71. The molecule has 1 saturated heterocycles. The molecule has 1 N–H and O–H groups in total. The van der Waals surface area contributed by atoms with Crippen LogP contribution in [0.2, 0.25) is 0 Å². The van der Waals surface area contributed by atoms with Crippen LogP contribution in [-0.2, 0) is 4.79 Å². The Morgan fingerprint density at radius 3 is 2.64 bits per heavy atom. The Bertz CT molecular complexity index is 706. The number of nitrogens with zero attached hydrogens (tertiary/aromatic N) is 1. The number of carbonyl (C=O) groups is 1. The number of nitrogens with one attached hydrogen (secondary N) is 1. The summed E-state index contributed by atoms with van der Waals surface area (Å²) in [5.41, 5.74) is 0.987. The lowest BCUT2D eigenvalue weighted by Crippen LogP contribution is -2.41. The van der Waals surface area contributed by atoms with Crippen LogP contribution in [0.1, 0.15) is 17.2 Å². The van der Waals surface area contributed by atoms with E-state index in [0.29, 0.717) is 0 Å². The van der Waals surface area contributed by atoms with Gasteiger partial charge in [0.15, 0.2) is 0 Å². The smallest absolute Gasteiger partial charge is 0.237 e. The van der Waals surface area contributed by atoms with Crippen LogP contribution in [0, 0.1) is 0 Å². The molecule has 2 atom stereocenters. The minimum absolute atomic E-state index is 0.0891. The van der Waals surface area contributed by atoms with E-state index in [1.54, 1.807) is 11.8 Å². The van der Waals surface area contributed by atoms with E-state index in [0.717, 1.165) is 35.8 Å². The van der Waals surface area contributed by atoms with Crippen molar-refractivity contribution >= 4 is 17.7 Å². The summed E-state index contributed by atoms with van der Waals surface area (Å²) in [6, 6.07) is 17.7. The normalized spacial score (nSPS) is 20.8. The van der Waals surface area contributed by atoms with Gasteiger partial charge in [-0.05, 0) is 56.1 Å². The fourth-order valence-electron chi connectivity index (χ4n) is 2.94. The van der Waals surface area contributed by atoms with E-state index in [4.69, 9.17) is 4.74 Å². The van der Waals surface area contributed by atoms with Crippen molar-refractivity contribution in [3.63, 3.8) is 0 Å². The van der Waals surface area contributed by atoms with E-state index in [9.17, 15) is 4.79 Å². The lowest BCUT2D eigenvalue weighted by Gasteiger charge is -2.20. The molecule has 2 aromatic rings. The Morgan fingerprint density at radius 1 is 1.12 bits per heavy atom. The molecule has 0 saturated carbocycles. The van der Waals surface area contributed by atoms with Crippen LogP contribution in [0.15, 0.2) is 54.6 Å². The first-order valence-electron chi connectivity index (χ1n) is 8.51. The molecule has 5 heteroatoms. The van der Waals surface area contributed by atoms with Crippen molar-refractivity contribution in [2.75, 3.05) is 26.4 Å². The molecule has 25 heavy (non-hydrogen) atoms. The van der Waals surface area contributed by atoms with Crippen molar-refractivity contribution in [1.29, 1.82) is 0 Å². The number of para-hydroxylation sites is 1. The highest BCUT2D eigenvalue weighted by atomic mass is 32.2. The maximum Gasteiger partial charge on any atom is 0.237 e. The molecule has 1 aliphatic rings. The number of hydrogen-bond acceptors (Lipinski definition) is 4. The quantitative estimate of drug-likeness (QED) is 0.887. The SMILES string of the molecule is CN(C)C[C@@H]1CCS[C@H](c2cccc(Oc3ccccc3)c2)C(=O)N1. The monoisotopic (exact) mass is 356 g/mol. The molecule has 2 aromatic carbocycles. The van der Waals surface area contributed by atoms with E-state index in [2.05, 4.69) is 10.2 Å². The molecule has 1 aliphatic heterocycles. The zero-order valence-electron chi connectivity index (χ0n) is 14.6. The van der Waals surface area contributed by atoms with Crippen LogP contribution in [0.25, 0.3) is 0 Å². The van der Waals surface area contributed by atoms with Gasteiger partial charge in [-0.25, -0.2) is 0 Å². The van der Waals surface area contributed by atoms with Gasteiger partial charge in [-0.15, -0.1) is 11.8 Å². The lowest BCUT2D eigenvalue weighted by atomic mass is 10.1. The molecule has 132 valence electrons. The molecular formula is C20H24N2O2S. The van der Waals surface area contributed by atoms with Crippen molar-refractivity contribution in [3.05, 3.63) is 60.2 Å². The summed E-state index contributed by atoms with van der Waals surface area (Å²) in [5, 5.41) is 3.00. The van der Waals surface area contributed by atoms with E-state index in [-0.39, 0.29) is 17.2 Å². The molecule has 0 radical (unpaired) electrons. The van der Waals surface area contributed by atoms with Crippen molar-refractivity contribution in [2.24, 2.45) is 0 Å². The Kier molecular flexibility index (Phi) is 6.00. The van der Waals surface area contributed by atoms with Crippen LogP contribution in [0.4, 0.5) is 0 Å². The molecule has 1 amide bonds. The highest BCUT2D eigenvalue weighted by Gasteiger charge is 2.27. The minimum atomic E-state index is -0.188. The minimum Gasteiger partial charge on any atom is -0.457 e. The number of likely N-dealkylation sites (N-methyl/N-ethyl adjacent to an activating group) is 1. The Morgan fingerprint density at radius 2 is 1.88 bits per heavy atom. The van der Waals surface area contributed by atoms with E-state index in [1.165, 1.54) is 0 Å². The number of benzene rings is 2. The van der Waals surface area contributed by atoms with Gasteiger partial charge in [0.2, 0.25) is 5.91 Å². The molecule has 0 unspecified atom stereocenters. The molecule has 0 aliphatic carbocycles. The first-order valence-corrected chi connectivity index (χ1v) is 9.56. The highest BCUT2D eigenvalue weighted by molar-refractivity contribution is 8.00. The zero-order valence-corrected chi connectivity index (χ0v) is 15.5. The number of hydrogen-bond donors (Lipinski definition) is 1. The van der Waals surface area contributed by atoms with Crippen LogP contribution in [-0.4, -0.2) is 43.2 Å². The molecule has 0 spiro atoms. The van der Waals surface area contributed by atoms with Crippen LogP contribution in [0.5, 0.6) is 11.5 Å². The van der Waals surface area contributed by atoms with Gasteiger partial charge < -0.3 is 15.0 Å². The molecule has 0 aromatic heterocycles. The standard InChI is InChI=1S/C20H24N2O2S/c1-22(2)14-16-11-12-25-19(20(23)21-16)15-7-6-10-18(13-15)24-17-8-4-3-5-9-17/h3-10,13,16,19H,11-12,14H2,1-2H3,(H,21,23)/t16-,19+/m0/s1. The second-order valence-electron chi connectivity index (χ2n) is 6.49. The molecule has 1 fully saturated rings. The Balaban J connectivity index is 1.73. The topological polar surface area (TPSA) is 41.6 Å². The van der Waals surface area contributed by atoms with Gasteiger partial charge in [0.25, 0.3) is 0 Å². The number of ether oxygens (including phenoxy) is 1. The number of rotatable bonds is 5. The maximum absolute atomic E-state index is 12.7. The lowest BCUT2D eigenvalue weighted by molar-refractivity contribution is -0.121. The fraction of sp³-hybridized carbons (Fsp3) is 0.350. The van der Waals surface area contributed by atoms with Crippen LogP contribution < -0.4 is 10.1 Å². The van der Waals surface area contributed by atoms with E-state index in [1.807, 2.05) is 68.7 Å². The number of thioether (sulfide) groups is 1. The summed E-state index contributed by atoms with van der Waals surface area (Å²) in [4.78, 5) is 14.8. The first-order chi connectivity index (χ1) is 12.1. The molecule has 1 heterocycles. The highest BCUT2D eigenvalue weighted by Crippen LogP contribution is 2.34.